The van der Waals surface area contributed by atoms with E-state index in [4.69, 9.17) is 4.98 Å². The molecule has 2 unspecified atom stereocenters. The molecule has 176 valence electrons. The summed E-state index contributed by atoms with van der Waals surface area (Å²) >= 11 is 0. The number of anilines is 1. The third-order valence-corrected chi connectivity index (χ3v) is 7.73. The van der Waals surface area contributed by atoms with Gasteiger partial charge in [-0.2, -0.15) is 0 Å². The number of aromatic nitrogens is 3. The first kappa shape index (κ1) is 21.8. The third-order valence-electron chi connectivity index (χ3n) is 7.73. The Kier molecular flexibility index (Phi) is 5.49. The van der Waals surface area contributed by atoms with E-state index in [0.717, 1.165) is 17.5 Å². The Bertz CT molecular complexity index is 1440. The summed E-state index contributed by atoms with van der Waals surface area (Å²) in [5.74, 6) is 8.06. The number of nitrogens with one attached hydrogen (secondary N) is 2. The van der Waals surface area contributed by atoms with E-state index in [1.54, 1.807) is 6.20 Å². The molecule has 3 fully saturated rings. The van der Waals surface area contributed by atoms with Crippen LogP contribution in [0, 0.1) is 41.2 Å². The van der Waals surface area contributed by atoms with Crippen molar-refractivity contribution in [2.75, 3.05) is 5.32 Å². The fourth-order valence-corrected chi connectivity index (χ4v) is 5.88. The number of hydrogen-bond acceptors (Lipinski definition) is 3. The van der Waals surface area contributed by atoms with Crippen LogP contribution in [0.2, 0.25) is 0 Å². The van der Waals surface area contributed by atoms with E-state index >= 15 is 0 Å². The molecule has 2 aromatic carbocycles. The van der Waals surface area contributed by atoms with E-state index in [1.807, 2.05) is 36.4 Å². The van der Waals surface area contributed by atoms with Gasteiger partial charge in [0.2, 0.25) is 0 Å². The van der Waals surface area contributed by atoms with Crippen LogP contribution in [-0.2, 0) is 0 Å². The summed E-state index contributed by atoms with van der Waals surface area (Å²) in [7, 11) is 0. The zero-order chi connectivity index (χ0) is 23.9. The molecule has 2 bridgehead atoms. The maximum atomic E-state index is 14.3. The molecule has 0 saturated heterocycles. The molecule has 4 nitrogen and oxygen atoms in total. The Morgan fingerprint density at radius 1 is 0.943 bits per heavy atom. The van der Waals surface area contributed by atoms with E-state index in [1.165, 1.54) is 31.7 Å². The molecular weight excluding hydrogens is 442 g/mol. The summed E-state index contributed by atoms with van der Waals surface area (Å²) in [6, 6.07) is 14.1. The highest BCUT2D eigenvalue weighted by Crippen LogP contribution is 2.46. The maximum absolute atomic E-state index is 14.3. The summed E-state index contributed by atoms with van der Waals surface area (Å²) in [6.07, 6.45) is 6.73. The number of hydrogen-bond donors (Lipinski definition) is 2. The number of H-pyrrole nitrogens is 1. The zero-order valence-corrected chi connectivity index (χ0v) is 19.5. The average molecular weight is 469 g/mol. The van der Waals surface area contributed by atoms with Gasteiger partial charge in [0, 0.05) is 40.9 Å². The summed E-state index contributed by atoms with van der Waals surface area (Å²) in [5, 5.41) is 4.11. The van der Waals surface area contributed by atoms with Crippen LogP contribution in [0.15, 0.2) is 54.7 Å². The van der Waals surface area contributed by atoms with Crippen LogP contribution in [-0.4, -0.2) is 21.0 Å². The van der Waals surface area contributed by atoms with Gasteiger partial charge >= 0.3 is 0 Å². The van der Waals surface area contributed by atoms with Crippen LogP contribution in [0.25, 0.3) is 22.3 Å². The van der Waals surface area contributed by atoms with Crippen molar-refractivity contribution in [3.63, 3.8) is 0 Å². The first-order valence-corrected chi connectivity index (χ1v) is 12.2. The van der Waals surface area contributed by atoms with Gasteiger partial charge in [0.25, 0.3) is 0 Å². The SMILES string of the molecule is CC1C2CCC(CC2)C1Nc1cc(C#Cc2ccccc2)nc(-c2c[nH]c3c(F)cc(F)cc23)n1. The minimum Gasteiger partial charge on any atom is -0.367 e. The van der Waals surface area contributed by atoms with Crippen LogP contribution in [0.3, 0.4) is 0 Å². The lowest BCUT2D eigenvalue weighted by molar-refractivity contribution is 0.0928. The Balaban J connectivity index is 1.43. The molecule has 2 heterocycles. The van der Waals surface area contributed by atoms with Crippen molar-refractivity contribution >= 4 is 16.7 Å². The second-order valence-electron chi connectivity index (χ2n) is 9.79. The van der Waals surface area contributed by atoms with E-state index in [2.05, 4.69) is 34.0 Å². The quantitative estimate of drug-likeness (QED) is 0.336. The Morgan fingerprint density at radius 3 is 2.49 bits per heavy atom. The predicted molar refractivity (Wildman–Crippen MR) is 134 cm³/mol. The van der Waals surface area contributed by atoms with Gasteiger partial charge in [-0.3, -0.25) is 0 Å². The fraction of sp³-hybridized carbons (Fsp3) is 0.310. The lowest BCUT2D eigenvalue weighted by Crippen LogP contribution is -2.47. The monoisotopic (exact) mass is 468 g/mol. The molecule has 0 amide bonds. The molecule has 3 saturated carbocycles. The van der Waals surface area contributed by atoms with Crippen LogP contribution >= 0.6 is 0 Å². The van der Waals surface area contributed by atoms with Gasteiger partial charge in [-0.05, 0) is 67.6 Å². The van der Waals surface area contributed by atoms with E-state index in [-0.39, 0.29) is 5.52 Å². The van der Waals surface area contributed by atoms with Crippen molar-refractivity contribution in [2.45, 2.75) is 38.6 Å². The summed E-state index contributed by atoms with van der Waals surface area (Å²) in [5.41, 5.74) is 2.22. The molecule has 0 radical (unpaired) electrons. The van der Waals surface area contributed by atoms with Crippen molar-refractivity contribution in [1.82, 2.24) is 15.0 Å². The molecule has 2 atom stereocenters. The summed E-state index contributed by atoms with van der Waals surface area (Å²) in [6.45, 7) is 2.33. The van der Waals surface area contributed by atoms with Crippen molar-refractivity contribution in [1.29, 1.82) is 0 Å². The molecule has 0 spiro atoms. The van der Waals surface area contributed by atoms with Crippen LogP contribution in [0.1, 0.15) is 43.9 Å². The summed E-state index contributed by atoms with van der Waals surface area (Å²) in [4.78, 5) is 12.4. The van der Waals surface area contributed by atoms with Crippen LogP contribution in [0.5, 0.6) is 0 Å². The first-order chi connectivity index (χ1) is 17.0. The normalized spacial score (nSPS) is 23.2. The number of fused-ring (bicyclic) bond motifs is 4. The standard InChI is InChI=1S/C29H26F2N4/c1-17-19-8-10-20(11-9-19)27(17)34-26-15-22(12-7-18-5-3-2-4-6-18)33-29(35-26)24-16-32-28-23(24)13-21(30)14-25(28)31/h2-6,13-17,19-20,27,32H,8-11H2,1H3,(H,33,34,35). The molecule has 3 aliphatic carbocycles. The zero-order valence-electron chi connectivity index (χ0n) is 19.5. The molecule has 2 aromatic heterocycles. The second-order valence-corrected chi connectivity index (χ2v) is 9.79. The highest BCUT2D eigenvalue weighted by molar-refractivity contribution is 5.94. The van der Waals surface area contributed by atoms with Gasteiger partial charge in [0.05, 0.1) is 5.52 Å². The molecular formula is C29H26F2N4. The summed E-state index contributed by atoms with van der Waals surface area (Å²) < 4.78 is 28.4. The van der Waals surface area contributed by atoms with Gasteiger partial charge in [0.1, 0.15) is 23.1 Å². The van der Waals surface area contributed by atoms with Crippen molar-refractivity contribution in [3.05, 3.63) is 77.6 Å². The van der Waals surface area contributed by atoms with E-state index in [0.29, 0.717) is 46.2 Å². The van der Waals surface area contributed by atoms with Gasteiger partial charge in [0.15, 0.2) is 5.82 Å². The van der Waals surface area contributed by atoms with Crippen molar-refractivity contribution < 1.29 is 8.78 Å². The fourth-order valence-electron chi connectivity index (χ4n) is 5.88. The molecule has 2 N–H and O–H groups in total. The Morgan fingerprint density at radius 2 is 1.71 bits per heavy atom. The van der Waals surface area contributed by atoms with E-state index < -0.39 is 11.6 Å². The lowest BCUT2D eigenvalue weighted by atomic mass is 9.62. The molecule has 3 aliphatic rings. The number of aromatic amines is 1. The lowest BCUT2D eigenvalue weighted by Gasteiger charge is -2.47. The largest absolute Gasteiger partial charge is 0.367 e. The number of rotatable bonds is 3. The van der Waals surface area contributed by atoms with Gasteiger partial charge in [-0.15, -0.1) is 0 Å². The second kappa shape index (κ2) is 8.81. The molecule has 4 aromatic rings. The molecule has 0 aliphatic heterocycles. The number of benzene rings is 2. The highest BCUT2D eigenvalue weighted by Gasteiger charge is 2.41. The topological polar surface area (TPSA) is 53.6 Å². The number of halogens is 2. The highest BCUT2D eigenvalue weighted by atomic mass is 19.1. The molecule has 35 heavy (non-hydrogen) atoms. The smallest absolute Gasteiger partial charge is 0.165 e. The van der Waals surface area contributed by atoms with E-state index in [9.17, 15) is 8.78 Å². The van der Waals surface area contributed by atoms with Crippen LogP contribution in [0.4, 0.5) is 14.6 Å². The van der Waals surface area contributed by atoms with Crippen LogP contribution < -0.4 is 5.32 Å². The average Bonchev–Trinajstić information content (AvgIpc) is 3.30. The minimum absolute atomic E-state index is 0.235. The Hall–Kier alpha value is -3.72. The molecule has 7 rings (SSSR count). The third kappa shape index (κ3) is 4.16. The van der Waals surface area contributed by atoms with Gasteiger partial charge < -0.3 is 10.3 Å². The minimum atomic E-state index is -0.642. The van der Waals surface area contributed by atoms with Gasteiger partial charge in [-0.25, -0.2) is 18.7 Å². The van der Waals surface area contributed by atoms with Gasteiger partial charge in [-0.1, -0.05) is 31.0 Å². The predicted octanol–water partition coefficient (Wildman–Crippen LogP) is 6.54. The van der Waals surface area contributed by atoms with Crippen molar-refractivity contribution in [3.8, 4) is 23.2 Å². The van der Waals surface area contributed by atoms with Crippen molar-refractivity contribution in [2.24, 2.45) is 17.8 Å². The Labute approximate surface area is 203 Å². The number of nitrogens with zero attached hydrogens (tertiary/aromatic N) is 2. The molecule has 6 heteroatoms. The maximum Gasteiger partial charge on any atom is 0.165 e. The first-order valence-electron chi connectivity index (χ1n) is 12.2.